The van der Waals surface area contributed by atoms with Crippen LogP contribution >= 0.6 is 24.0 Å². The molecule has 1 aromatic carbocycles. The standard InChI is InChI=1S/C16H25FN4O.HI/c1-18-16(20-11-13-5-4-8-22-13)19-10-12-6-7-15(21(2)3)14(17)9-12;/h6-7,9,13H,4-5,8,10-11H2,1-3H3,(H2,18,19,20);1H. The molecule has 130 valence electrons. The molecule has 1 aliphatic heterocycles. The van der Waals surface area contributed by atoms with E-state index in [2.05, 4.69) is 15.6 Å². The molecule has 0 amide bonds. The number of nitrogens with zero attached hydrogens (tertiary/aromatic N) is 2. The van der Waals surface area contributed by atoms with Gasteiger partial charge in [-0.2, -0.15) is 0 Å². The summed E-state index contributed by atoms with van der Waals surface area (Å²) in [5, 5.41) is 6.43. The molecular formula is C16H26FIN4O. The van der Waals surface area contributed by atoms with Crippen LogP contribution in [0.3, 0.4) is 0 Å². The van der Waals surface area contributed by atoms with Crippen LogP contribution in [0.4, 0.5) is 10.1 Å². The van der Waals surface area contributed by atoms with Gasteiger partial charge < -0.3 is 20.3 Å². The lowest BCUT2D eigenvalue weighted by Crippen LogP contribution is -2.40. The predicted molar refractivity (Wildman–Crippen MR) is 103 cm³/mol. The van der Waals surface area contributed by atoms with Gasteiger partial charge in [0.1, 0.15) is 5.82 Å². The number of hydrogen-bond acceptors (Lipinski definition) is 3. The van der Waals surface area contributed by atoms with Gasteiger partial charge in [0.2, 0.25) is 0 Å². The van der Waals surface area contributed by atoms with Crippen LogP contribution < -0.4 is 15.5 Å². The van der Waals surface area contributed by atoms with E-state index in [4.69, 9.17) is 4.74 Å². The van der Waals surface area contributed by atoms with Crippen LogP contribution in [0.1, 0.15) is 18.4 Å². The van der Waals surface area contributed by atoms with Gasteiger partial charge in [0.15, 0.2) is 5.96 Å². The summed E-state index contributed by atoms with van der Waals surface area (Å²) in [6.45, 7) is 2.11. The average Bonchev–Trinajstić information content (AvgIpc) is 3.00. The Morgan fingerprint density at radius 3 is 2.74 bits per heavy atom. The zero-order valence-corrected chi connectivity index (χ0v) is 16.3. The lowest BCUT2D eigenvalue weighted by molar-refractivity contribution is 0.114. The molecule has 2 rings (SSSR count). The number of halogens is 2. The van der Waals surface area contributed by atoms with E-state index in [1.807, 2.05) is 20.2 Å². The largest absolute Gasteiger partial charge is 0.376 e. The van der Waals surface area contributed by atoms with E-state index in [1.54, 1.807) is 24.1 Å². The van der Waals surface area contributed by atoms with Crippen LogP contribution in [0.25, 0.3) is 0 Å². The molecule has 1 unspecified atom stereocenters. The summed E-state index contributed by atoms with van der Waals surface area (Å²) in [5.41, 5.74) is 1.47. The lowest BCUT2D eigenvalue weighted by Gasteiger charge is -2.16. The number of ether oxygens (including phenoxy) is 1. The second-order valence-electron chi connectivity index (χ2n) is 5.62. The maximum absolute atomic E-state index is 13.9. The number of rotatable bonds is 5. The SMILES string of the molecule is CN=C(NCc1ccc(N(C)C)c(F)c1)NCC1CCCO1.I. The van der Waals surface area contributed by atoms with E-state index in [1.165, 1.54) is 0 Å². The molecule has 0 radical (unpaired) electrons. The summed E-state index contributed by atoms with van der Waals surface area (Å²) in [5.74, 6) is 0.485. The Balaban J connectivity index is 0.00000264. The van der Waals surface area contributed by atoms with E-state index < -0.39 is 0 Å². The molecule has 0 bridgehead atoms. The lowest BCUT2D eigenvalue weighted by atomic mass is 10.2. The Kier molecular flexibility index (Phi) is 8.60. The minimum absolute atomic E-state index is 0. The van der Waals surface area contributed by atoms with Crippen molar-refractivity contribution < 1.29 is 9.13 Å². The molecule has 5 nitrogen and oxygen atoms in total. The Bertz CT molecular complexity index is 519. The van der Waals surface area contributed by atoms with Crippen molar-refractivity contribution in [2.45, 2.75) is 25.5 Å². The Hall–Kier alpha value is -1.09. The van der Waals surface area contributed by atoms with Gasteiger partial charge in [0.25, 0.3) is 0 Å². The van der Waals surface area contributed by atoms with Gasteiger partial charge in [-0.05, 0) is 30.5 Å². The van der Waals surface area contributed by atoms with Crippen molar-refractivity contribution in [3.8, 4) is 0 Å². The summed E-state index contributed by atoms with van der Waals surface area (Å²) in [6.07, 6.45) is 2.47. The summed E-state index contributed by atoms with van der Waals surface area (Å²) in [4.78, 5) is 5.93. The molecule has 0 aliphatic carbocycles. The Morgan fingerprint density at radius 2 is 2.17 bits per heavy atom. The van der Waals surface area contributed by atoms with Crippen LogP contribution in [0.2, 0.25) is 0 Å². The van der Waals surface area contributed by atoms with Crippen molar-refractivity contribution in [1.82, 2.24) is 10.6 Å². The highest BCUT2D eigenvalue weighted by Gasteiger charge is 2.15. The van der Waals surface area contributed by atoms with E-state index in [9.17, 15) is 4.39 Å². The fraction of sp³-hybridized carbons (Fsp3) is 0.562. The van der Waals surface area contributed by atoms with Crippen molar-refractivity contribution in [1.29, 1.82) is 0 Å². The average molecular weight is 436 g/mol. The molecule has 0 spiro atoms. The number of guanidine groups is 1. The zero-order valence-electron chi connectivity index (χ0n) is 13.9. The molecular weight excluding hydrogens is 410 g/mol. The molecule has 1 aliphatic rings. The van der Waals surface area contributed by atoms with Gasteiger partial charge in [-0.3, -0.25) is 4.99 Å². The third kappa shape index (κ3) is 6.14. The van der Waals surface area contributed by atoms with Crippen LogP contribution in [0, 0.1) is 5.82 Å². The fourth-order valence-electron chi connectivity index (χ4n) is 2.45. The molecule has 1 fully saturated rings. The maximum atomic E-state index is 13.9. The molecule has 1 saturated heterocycles. The Labute approximate surface area is 154 Å². The quantitative estimate of drug-likeness (QED) is 0.423. The Morgan fingerprint density at radius 1 is 1.39 bits per heavy atom. The maximum Gasteiger partial charge on any atom is 0.191 e. The smallest absolute Gasteiger partial charge is 0.191 e. The number of anilines is 1. The fourth-order valence-corrected chi connectivity index (χ4v) is 2.45. The first-order valence-corrected chi connectivity index (χ1v) is 7.62. The normalized spacial score (nSPS) is 17.6. The molecule has 1 aromatic rings. The van der Waals surface area contributed by atoms with Crippen molar-refractivity contribution in [2.75, 3.05) is 39.2 Å². The van der Waals surface area contributed by atoms with E-state index >= 15 is 0 Å². The first-order chi connectivity index (χ1) is 10.6. The van der Waals surface area contributed by atoms with Gasteiger partial charge in [-0.15, -0.1) is 24.0 Å². The highest BCUT2D eigenvalue weighted by Crippen LogP contribution is 2.18. The van der Waals surface area contributed by atoms with Crippen molar-refractivity contribution in [2.24, 2.45) is 4.99 Å². The van der Waals surface area contributed by atoms with Gasteiger partial charge >= 0.3 is 0 Å². The molecule has 0 aromatic heterocycles. The summed E-state index contributed by atoms with van der Waals surface area (Å²) >= 11 is 0. The number of benzene rings is 1. The van der Waals surface area contributed by atoms with Gasteiger partial charge in [0.05, 0.1) is 11.8 Å². The van der Waals surface area contributed by atoms with E-state index in [-0.39, 0.29) is 35.9 Å². The second-order valence-corrected chi connectivity index (χ2v) is 5.62. The first kappa shape index (κ1) is 20.0. The number of nitrogens with one attached hydrogen (secondary N) is 2. The van der Waals surface area contributed by atoms with Crippen LogP contribution in [0.5, 0.6) is 0 Å². The third-order valence-corrected chi connectivity index (χ3v) is 3.70. The molecule has 1 heterocycles. The monoisotopic (exact) mass is 436 g/mol. The molecule has 23 heavy (non-hydrogen) atoms. The molecule has 7 heteroatoms. The van der Waals surface area contributed by atoms with Gasteiger partial charge in [-0.1, -0.05) is 6.07 Å². The van der Waals surface area contributed by atoms with Crippen molar-refractivity contribution in [3.05, 3.63) is 29.6 Å². The number of hydrogen-bond donors (Lipinski definition) is 2. The molecule has 2 N–H and O–H groups in total. The second kappa shape index (κ2) is 9.92. The molecule has 1 atom stereocenters. The first-order valence-electron chi connectivity index (χ1n) is 7.62. The van der Waals surface area contributed by atoms with E-state index in [0.717, 1.165) is 31.6 Å². The van der Waals surface area contributed by atoms with E-state index in [0.29, 0.717) is 18.2 Å². The minimum Gasteiger partial charge on any atom is -0.376 e. The minimum atomic E-state index is -0.216. The summed E-state index contributed by atoms with van der Waals surface area (Å²) < 4.78 is 19.5. The van der Waals surface area contributed by atoms with Crippen molar-refractivity contribution in [3.63, 3.8) is 0 Å². The predicted octanol–water partition coefficient (Wildman–Crippen LogP) is 2.35. The topological polar surface area (TPSA) is 48.9 Å². The van der Waals surface area contributed by atoms with Crippen LogP contribution in [-0.2, 0) is 11.3 Å². The van der Waals surface area contributed by atoms with Gasteiger partial charge in [-0.25, -0.2) is 4.39 Å². The summed E-state index contributed by atoms with van der Waals surface area (Å²) in [7, 11) is 5.38. The van der Waals surface area contributed by atoms with Crippen LogP contribution in [-0.4, -0.2) is 46.4 Å². The van der Waals surface area contributed by atoms with Crippen molar-refractivity contribution >= 4 is 35.6 Å². The van der Waals surface area contributed by atoms with Crippen LogP contribution in [0.15, 0.2) is 23.2 Å². The highest BCUT2D eigenvalue weighted by atomic mass is 127. The summed E-state index contributed by atoms with van der Waals surface area (Å²) in [6, 6.07) is 5.25. The third-order valence-electron chi connectivity index (χ3n) is 3.70. The molecule has 0 saturated carbocycles. The van der Waals surface area contributed by atoms with Gasteiger partial charge in [0, 0.05) is 40.8 Å². The zero-order chi connectivity index (χ0) is 15.9. The highest BCUT2D eigenvalue weighted by molar-refractivity contribution is 14.0. The number of aliphatic imine (C=N–C) groups is 1.